The first-order valence-electron chi connectivity index (χ1n) is 12.8. The predicted molar refractivity (Wildman–Crippen MR) is 133 cm³/mol. The van der Waals surface area contributed by atoms with Gasteiger partial charge in [-0.15, -0.1) is 0 Å². The maximum absolute atomic E-state index is 13.6. The Balaban J connectivity index is 1.62. The lowest BCUT2D eigenvalue weighted by Gasteiger charge is -2.50. The molecular formula is C27H33N3O7. The highest BCUT2D eigenvalue weighted by molar-refractivity contribution is 6.24. The third-order valence-electron chi connectivity index (χ3n) is 8.61. The number of allylic oxidation sites excluding steroid dienone is 1. The number of likely N-dealkylation sites (tertiary alicyclic amines) is 1. The number of likely N-dealkylation sites (N-methyl/N-ethyl adjacent to an activating group) is 1. The van der Waals surface area contributed by atoms with Crippen LogP contribution in [0.25, 0.3) is 0 Å². The van der Waals surface area contributed by atoms with E-state index in [-0.39, 0.29) is 23.3 Å². The minimum atomic E-state index is -2.62. The van der Waals surface area contributed by atoms with Crippen molar-refractivity contribution in [3.05, 3.63) is 51.5 Å². The zero-order valence-corrected chi connectivity index (χ0v) is 21.0. The normalized spacial score (nSPS) is 30.0. The van der Waals surface area contributed by atoms with Gasteiger partial charge in [-0.05, 0) is 75.5 Å². The second-order valence-electron chi connectivity index (χ2n) is 10.7. The van der Waals surface area contributed by atoms with Crippen LogP contribution >= 0.6 is 0 Å². The number of nitrogens with zero attached hydrogens (tertiary/aromatic N) is 2. The van der Waals surface area contributed by atoms with Gasteiger partial charge in [0.1, 0.15) is 22.8 Å². The van der Waals surface area contributed by atoms with Gasteiger partial charge in [-0.25, -0.2) is 0 Å². The molecule has 5 rings (SSSR count). The third kappa shape index (κ3) is 3.69. The van der Waals surface area contributed by atoms with E-state index < -0.39 is 58.0 Å². The lowest BCUT2D eigenvalue weighted by molar-refractivity contribution is -0.148. The number of fused-ring (bicyclic) bond motifs is 3. The Morgan fingerprint density at radius 1 is 1.19 bits per heavy atom. The van der Waals surface area contributed by atoms with Crippen LogP contribution in [0.4, 0.5) is 0 Å². The smallest absolute Gasteiger partial charge is 0.255 e. The third-order valence-corrected chi connectivity index (χ3v) is 8.61. The first kappa shape index (κ1) is 25.4. The van der Waals surface area contributed by atoms with E-state index in [1.54, 1.807) is 18.0 Å². The van der Waals surface area contributed by atoms with Crippen molar-refractivity contribution >= 4 is 17.5 Å². The SMILES string of the molecule is CCN(C)[C@@H]1C(O)=C(C(N)=O)C(=O)[C@@]2(O)C(O)=C3C(=O)c4c(O)cc(CN5CCCC5)cc4C[C@H]3C[C@@H]12. The molecule has 0 spiro atoms. The number of Topliss-reactive ketones (excluding diaryl/α,β-unsaturated/α-hetero) is 2. The maximum atomic E-state index is 13.6. The molecule has 198 valence electrons. The van der Waals surface area contributed by atoms with Crippen LogP contribution in [0.15, 0.2) is 34.8 Å². The van der Waals surface area contributed by atoms with Gasteiger partial charge in [-0.2, -0.15) is 0 Å². The molecule has 4 atom stereocenters. The summed E-state index contributed by atoms with van der Waals surface area (Å²) in [4.78, 5) is 43.1. The van der Waals surface area contributed by atoms with Crippen LogP contribution in [-0.4, -0.2) is 86.0 Å². The number of rotatable bonds is 5. The van der Waals surface area contributed by atoms with Crippen LogP contribution in [0.2, 0.25) is 0 Å². The predicted octanol–water partition coefficient (Wildman–Crippen LogP) is 1.11. The minimum absolute atomic E-state index is 0.0454. The summed E-state index contributed by atoms with van der Waals surface area (Å²) in [6, 6.07) is 2.48. The summed E-state index contributed by atoms with van der Waals surface area (Å²) < 4.78 is 0. The number of hydrogen-bond donors (Lipinski definition) is 5. The van der Waals surface area contributed by atoms with E-state index in [0.29, 0.717) is 25.1 Å². The molecule has 0 unspecified atom stereocenters. The van der Waals surface area contributed by atoms with Gasteiger partial charge in [0.25, 0.3) is 5.91 Å². The number of primary amides is 1. The van der Waals surface area contributed by atoms with Crippen LogP contribution in [0.5, 0.6) is 5.75 Å². The Morgan fingerprint density at radius 2 is 1.86 bits per heavy atom. The van der Waals surface area contributed by atoms with Crippen LogP contribution in [0.1, 0.15) is 47.7 Å². The fourth-order valence-electron chi connectivity index (χ4n) is 6.74. The summed E-state index contributed by atoms with van der Waals surface area (Å²) >= 11 is 0. The van der Waals surface area contributed by atoms with E-state index in [1.807, 2.05) is 13.0 Å². The maximum Gasteiger partial charge on any atom is 0.255 e. The molecule has 10 nitrogen and oxygen atoms in total. The average molecular weight is 512 g/mol. The summed E-state index contributed by atoms with van der Waals surface area (Å²) in [7, 11) is 1.66. The fraction of sp³-hybridized carbons (Fsp3) is 0.519. The van der Waals surface area contributed by atoms with Crippen molar-refractivity contribution in [2.24, 2.45) is 17.6 Å². The van der Waals surface area contributed by atoms with Crippen LogP contribution < -0.4 is 5.73 Å². The van der Waals surface area contributed by atoms with Crippen molar-refractivity contribution < 1.29 is 34.8 Å². The molecule has 0 saturated carbocycles. The molecule has 1 amide bonds. The van der Waals surface area contributed by atoms with E-state index in [2.05, 4.69) is 4.90 Å². The molecular weight excluding hydrogens is 478 g/mol. The summed E-state index contributed by atoms with van der Waals surface area (Å²) in [5, 5.41) is 44.8. The standard InChI is InChI=1S/C27H33N3O7/c1-3-29(2)21-16-11-15-10-14-8-13(12-30-6-4-5-7-30)9-17(31)18(14)22(32)19(15)24(34)27(16,37)25(35)20(23(21)33)26(28)36/h8-9,15-16,21,31,33-34,37H,3-7,10-12H2,1-2H3,(H2,28,36)/t15-,16-,21-,27-/m0/s1. The average Bonchev–Trinajstić information content (AvgIpc) is 3.33. The summed E-state index contributed by atoms with van der Waals surface area (Å²) in [6.07, 6.45) is 2.65. The number of ketones is 2. The van der Waals surface area contributed by atoms with Crippen molar-refractivity contribution in [1.29, 1.82) is 0 Å². The molecule has 37 heavy (non-hydrogen) atoms. The van der Waals surface area contributed by atoms with Gasteiger partial charge in [-0.3, -0.25) is 24.2 Å². The molecule has 1 aromatic carbocycles. The van der Waals surface area contributed by atoms with E-state index >= 15 is 0 Å². The van der Waals surface area contributed by atoms with Gasteiger partial charge < -0.3 is 26.2 Å². The van der Waals surface area contributed by atoms with E-state index in [0.717, 1.165) is 31.5 Å². The van der Waals surface area contributed by atoms with Crippen molar-refractivity contribution in [1.82, 2.24) is 9.80 Å². The van der Waals surface area contributed by atoms with Gasteiger partial charge in [0.05, 0.1) is 11.6 Å². The Bertz CT molecular complexity index is 1260. The lowest BCUT2D eigenvalue weighted by Crippen LogP contribution is -2.64. The molecule has 1 aromatic rings. The number of aromatic hydroxyl groups is 1. The number of phenols is 1. The molecule has 10 heteroatoms. The summed E-state index contributed by atoms with van der Waals surface area (Å²) in [5.41, 5.74) is 3.41. The van der Waals surface area contributed by atoms with Gasteiger partial charge in [0, 0.05) is 18.0 Å². The van der Waals surface area contributed by atoms with Crippen LogP contribution in [0.3, 0.4) is 0 Å². The number of amides is 1. The first-order valence-corrected chi connectivity index (χ1v) is 12.8. The van der Waals surface area contributed by atoms with Crippen LogP contribution in [0, 0.1) is 11.8 Å². The van der Waals surface area contributed by atoms with Crippen molar-refractivity contribution in [3.8, 4) is 5.75 Å². The Hall–Kier alpha value is -3.21. The molecule has 0 bridgehead atoms. The topological polar surface area (TPSA) is 165 Å². The van der Waals surface area contributed by atoms with Gasteiger partial charge in [-0.1, -0.05) is 13.0 Å². The largest absolute Gasteiger partial charge is 0.510 e. The second-order valence-corrected chi connectivity index (χ2v) is 10.7. The zero-order chi connectivity index (χ0) is 26.8. The Labute approximate surface area is 214 Å². The number of phenolic OH excluding ortho intramolecular Hbond substituents is 1. The molecule has 4 aliphatic rings. The summed E-state index contributed by atoms with van der Waals surface area (Å²) in [6.45, 7) is 4.82. The number of nitrogens with two attached hydrogens (primary N) is 1. The van der Waals surface area contributed by atoms with Gasteiger partial charge >= 0.3 is 0 Å². The highest BCUT2D eigenvalue weighted by Gasteiger charge is 2.63. The van der Waals surface area contributed by atoms with E-state index in [1.165, 1.54) is 0 Å². The first-order chi connectivity index (χ1) is 17.5. The van der Waals surface area contributed by atoms with Crippen molar-refractivity contribution in [2.45, 2.75) is 50.8 Å². The zero-order valence-electron chi connectivity index (χ0n) is 21.0. The number of carbonyl (C=O) groups is 3. The monoisotopic (exact) mass is 511 g/mol. The Kier molecular flexibility index (Phi) is 6.17. The van der Waals surface area contributed by atoms with Crippen molar-refractivity contribution in [2.75, 3.05) is 26.7 Å². The fourth-order valence-corrected chi connectivity index (χ4v) is 6.74. The van der Waals surface area contributed by atoms with Crippen LogP contribution in [-0.2, 0) is 22.6 Å². The molecule has 3 aliphatic carbocycles. The number of hydrogen-bond acceptors (Lipinski definition) is 9. The highest BCUT2D eigenvalue weighted by atomic mass is 16.3. The van der Waals surface area contributed by atoms with Crippen molar-refractivity contribution in [3.63, 3.8) is 0 Å². The molecule has 1 fully saturated rings. The van der Waals surface area contributed by atoms with E-state index in [4.69, 9.17) is 5.73 Å². The number of aliphatic hydroxyl groups is 3. The number of carbonyl (C=O) groups excluding carboxylic acids is 3. The molecule has 0 aromatic heterocycles. The molecule has 1 heterocycles. The molecule has 0 radical (unpaired) electrons. The quantitative estimate of drug-likeness (QED) is 0.364. The lowest BCUT2D eigenvalue weighted by atomic mass is 9.58. The molecule has 1 saturated heterocycles. The highest BCUT2D eigenvalue weighted by Crippen LogP contribution is 2.52. The van der Waals surface area contributed by atoms with Gasteiger partial charge in [0.15, 0.2) is 11.4 Å². The van der Waals surface area contributed by atoms with Gasteiger partial charge in [0.2, 0.25) is 5.78 Å². The molecule has 6 N–H and O–H groups in total. The molecule has 1 aliphatic heterocycles. The number of aliphatic hydroxyl groups excluding tert-OH is 2. The Morgan fingerprint density at radius 3 is 2.49 bits per heavy atom. The van der Waals surface area contributed by atoms with E-state index in [9.17, 15) is 34.8 Å². The summed E-state index contributed by atoms with van der Waals surface area (Å²) in [5.74, 6) is -6.29. The number of benzene rings is 1. The second kappa shape index (κ2) is 8.97. The minimum Gasteiger partial charge on any atom is -0.510 e.